The summed E-state index contributed by atoms with van der Waals surface area (Å²) < 4.78 is 50.0. The largest absolute Gasteiger partial charge is 0.491 e. The molecule has 2 N–H and O–H groups in total. The van der Waals surface area contributed by atoms with E-state index in [0.717, 1.165) is 6.07 Å². The van der Waals surface area contributed by atoms with Crippen molar-refractivity contribution in [3.05, 3.63) is 29.1 Å². The van der Waals surface area contributed by atoms with Gasteiger partial charge in [-0.25, -0.2) is 4.39 Å². The second kappa shape index (κ2) is 3.82. The van der Waals surface area contributed by atoms with Gasteiger partial charge in [-0.1, -0.05) is 11.6 Å². The maximum Gasteiger partial charge on any atom is 0.491 e. The first-order valence-corrected chi connectivity index (χ1v) is 3.97. The topological polar surface area (TPSA) is 40.5 Å². The Hall–Kier alpha value is -1.08. The molecule has 0 amide bonds. The minimum absolute atomic E-state index is 0.104. The summed E-state index contributed by atoms with van der Waals surface area (Å²) in [4.78, 5) is 0. The molecule has 0 aliphatic carbocycles. The van der Waals surface area contributed by atoms with Gasteiger partial charge in [-0.2, -0.15) is 13.2 Å². The van der Waals surface area contributed by atoms with E-state index in [4.69, 9.17) is 10.0 Å². The Kier molecular flexibility index (Phi) is 3.06. The summed E-state index contributed by atoms with van der Waals surface area (Å²) in [6, 6.07) is 1.57. The summed E-state index contributed by atoms with van der Waals surface area (Å²) in [7, 11) is -2.26. The molecular formula is C8H7BF4O2. The van der Waals surface area contributed by atoms with Gasteiger partial charge in [-0.05, 0) is 13.0 Å². The lowest BCUT2D eigenvalue weighted by atomic mass is 9.78. The van der Waals surface area contributed by atoms with E-state index >= 15 is 0 Å². The third kappa shape index (κ3) is 2.48. The molecule has 0 fully saturated rings. The molecule has 1 rings (SSSR count). The molecule has 0 saturated heterocycles. The van der Waals surface area contributed by atoms with Crippen molar-refractivity contribution in [2.75, 3.05) is 0 Å². The zero-order valence-electron chi connectivity index (χ0n) is 7.64. The van der Waals surface area contributed by atoms with Crippen LogP contribution in [-0.4, -0.2) is 17.2 Å². The lowest BCUT2D eigenvalue weighted by molar-refractivity contribution is -0.139. The first kappa shape index (κ1) is 12.0. The van der Waals surface area contributed by atoms with Crippen molar-refractivity contribution in [3.8, 4) is 0 Å². The lowest BCUT2D eigenvalue weighted by Gasteiger charge is -2.12. The number of aryl methyl sites for hydroxylation is 1. The third-order valence-electron chi connectivity index (χ3n) is 1.83. The van der Waals surface area contributed by atoms with Crippen molar-refractivity contribution in [3.63, 3.8) is 0 Å². The number of benzene rings is 1. The molecule has 0 aromatic heterocycles. The molecule has 1 aromatic rings. The molecule has 0 aliphatic heterocycles. The summed E-state index contributed by atoms with van der Waals surface area (Å²) in [5.41, 5.74) is -2.17. The van der Waals surface area contributed by atoms with Crippen molar-refractivity contribution in [2.24, 2.45) is 0 Å². The number of hydrogen-bond donors (Lipinski definition) is 2. The zero-order chi connectivity index (χ0) is 11.8. The Morgan fingerprint density at radius 1 is 1.20 bits per heavy atom. The van der Waals surface area contributed by atoms with Crippen molar-refractivity contribution < 1.29 is 27.6 Å². The van der Waals surface area contributed by atoms with Gasteiger partial charge in [-0.15, -0.1) is 0 Å². The lowest BCUT2D eigenvalue weighted by Crippen LogP contribution is -2.35. The van der Waals surface area contributed by atoms with Crippen LogP contribution in [0.1, 0.15) is 11.1 Å². The second-order valence-corrected chi connectivity index (χ2v) is 3.09. The molecule has 0 unspecified atom stereocenters. The normalized spacial score (nSPS) is 11.7. The van der Waals surface area contributed by atoms with E-state index in [1.54, 1.807) is 0 Å². The van der Waals surface area contributed by atoms with Gasteiger partial charge >= 0.3 is 13.3 Å². The highest BCUT2D eigenvalue weighted by Crippen LogP contribution is 2.31. The Bertz CT molecular complexity index is 376. The first-order valence-electron chi connectivity index (χ1n) is 3.97. The molecule has 0 heterocycles. The fourth-order valence-electron chi connectivity index (χ4n) is 1.19. The van der Waals surface area contributed by atoms with Gasteiger partial charge in [0.2, 0.25) is 0 Å². The molecule has 0 aliphatic rings. The van der Waals surface area contributed by atoms with Crippen molar-refractivity contribution >= 4 is 12.6 Å². The van der Waals surface area contributed by atoms with Crippen molar-refractivity contribution in [2.45, 2.75) is 13.1 Å². The van der Waals surface area contributed by atoms with Gasteiger partial charge in [0.25, 0.3) is 0 Å². The van der Waals surface area contributed by atoms with Crippen LogP contribution in [0.5, 0.6) is 0 Å². The maximum absolute atomic E-state index is 13.2. The highest BCUT2D eigenvalue weighted by molar-refractivity contribution is 6.58. The number of alkyl halides is 3. The van der Waals surface area contributed by atoms with E-state index in [2.05, 4.69) is 0 Å². The van der Waals surface area contributed by atoms with Gasteiger partial charge < -0.3 is 10.0 Å². The standard InChI is InChI=1S/C8H7BF4O2/c1-4-2-5(8(11,12)13)7(10)6(3-4)9(14)15/h2-3,14-15H,1H3. The predicted octanol–water partition coefficient (Wildman–Crippen LogP) is 0.833. The van der Waals surface area contributed by atoms with E-state index in [0.29, 0.717) is 6.07 Å². The fourth-order valence-corrected chi connectivity index (χ4v) is 1.19. The Morgan fingerprint density at radius 3 is 2.13 bits per heavy atom. The number of halogens is 4. The smallest absolute Gasteiger partial charge is 0.423 e. The average Bonchev–Trinajstić information content (AvgIpc) is 2.06. The molecule has 15 heavy (non-hydrogen) atoms. The van der Waals surface area contributed by atoms with Gasteiger partial charge in [-0.3, -0.25) is 0 Å². The molecule has 0 bridgehead atoms. The predicted molar refractivity (Wildman–Crippen MR) is 46.0 cm³/mol. The van der Waals surface area contributed by atoms with Gasteiger partial charge in [0.05, 0.1) is 5.56 Å². The molecule has 0 atom stereocenters. The first-order chi connectivity index (χ1) is 6.73. The Morgan fingerprint density at radius 2 is 1.73 bits per heavy atom. The Balaban J connectivity index is 3.42. The van der Waals surface area contributed by atoms with Crippen molar-refractivity contribution in [1.29, 1.82) is 0 Å². The van der Waals surface area contributed by atoms with E-state index in [1.165, 1.54) is 6.92 Å². The number of hydrogen-bond acceptors (Lipinski definition) is 2. The van der Waals surface area contributed by atoms with Crippen LogP contribution in [0.25, 0.3) is 0 Å². The van der Waals surface area contributed by atoms with Gasteiger partial charge in [0.1, 0.15) is 5.82 Å². The molecule has 0 radical (unpaired) electrons. The van der Waals surface area contributed by atoms with Crippen LogP contribution in [0.2, 0.25) is 0 Å². The zero-order valence-corrected chi connectivity index (χ0v) is 7.64. The van der Waals surface area contributed by atoms with Crippen LogP contribution in [0.3, 0.4) is 0 Å². The summed E-state index contributed by atoms with van der Waals surface area (Å²) in [6.07, 6.45) is -4.85. The van der Waals surface area contributed by atoms with E-state index in [-0.39, 0.29) is 5.56 Å². The van der Waals surface area contributed by atoms with Crippen LogP contribution < -0.4 is 5.46 Å². The van der Waals surface area contributed by atoms with E-state index in [1.807, 2.05) is 0 Å². The van der Waals surface area contributed by atoms with E-state index < -0.39 is 30.1 Å². The van der Waals surface area contributed by atoms with Crippen LogP contribution in [-0.2, 0) is 6.18 Å². The molecule has 7 heteroatoms. The minimum atomic E-state index is -4.85. The molecule has 0 saturated carbocycles. The van der Waals surface area contributed by atoms with E-state index in [9.17, 15) is 17.6 Å². The Labute approximate surface area is 83.3 Å². The summed E-state index contributed by atoms with van der Waals surface area (Å²) >= 11 is 0. The minimum Gasteiger partial charge on any atom is -0.423 e. The second-order valence-electron chi connectivity index (χ2n) is 3.09. The fraction of sp³-hybridized carbons (Fsp3) is 0.250. The third-order valence-corrected chi connectivity index (χ3v) is 1.83. The molecule has 0 spiro atoms. The summed E-state index contributed by atoms with van der Waals surface area (Å²) in [5.74, 6) is -1.65. The van der Waals surface area contributed by atoms with Crippen LogP contribution in [0.4, 0.5) is 17.6 Å². The molecule has 82 valence electrons. The van der Waals surface area contributed by atoms with Gasteiger partial charge in [0.15, 0.2) is 0 Å². The van der Waals surface area contributed by atoms with Gasteiger partial charge in [0, 0.05) is 5.46 Å². The maximum atomic E-state index is 13.2. The average molecular weight is 222 g/mol. The quantitative estimate of drug-likeness (QED) is 0.545. The number of rotatable bonds is 1. The molecular weight excluding hydrogens is 215 g/mol. The van der Waals surface area contributed by atoms with Crippen LogP contribution >= 0.6 is 0 Å². The summed E-state index contributed by atoms with van der Waals surface area (Å²) in [6.45, 7) is 1.31. The van der Waals surface area contributed by atoms with Crippen LogP contribution in [0, 0.1) is 12.7 Å². The highest BCUT2D eigenvalue weighted by atomic mass is 19.4. The molecule has 2 nitrogen and oxygen atoms in total. The van der Waals surface area contributed by atoms with Crippen LogP contribution in [0.15, 0.2) is 12.1 Å². The summed E-state index contributed by atoms with van der Waals surface area (Å²) in [5, 5.41) is 17.3. The van der Waals surface area contributed by atoms with Crippen molar-refractivity contribution in [1.82, 2.24) is 0 Å². The molecule has 1 aromatic carbocycles. The SMILES string of the molecule is Cc1cc(B(O)O)c(F)c(C(F)(F)F)c1. The monoisotopic (exact) mass is 222 g/mol. The highest BCUT2D eigenvalue weighted by Gasteiger charge is 2.36.